The van der Waals surface area contributed by atoms with Crippen molar-refractivity contribution in [3.8, 4) is 33.4 Å². The average Bonchev–Trinajstić information content (AvgIpc) is 0.772. The van der Waals surface area contributed by atoms with Crippen LogP contribution >= 0.6 is 0 Å². The highest BCUT2D eigenvalue weighted by Crippen LogP contribution is 2.58. The molecule has 4 heteroatoms. The van der Waals surface area contributed by atoms with Crippen LogP contribution in [-0.2, 0) is 0 Å². The van der Waals surface area contributed by atoms with Gasteiger partial charge in [0.05, 0.1) is 0 Å². The zero-order valence-electron chi connectivity index (χ0n) is 50.1. The fraction of sp³-hybridized carbons (Fsp3) is 0.259. The summed E-state index contributed by atoms with van der Waals surface area (Å²) in [5.41, 5.74) is 30.4. The number of nitrogens with zero attached hydrogens (tertiary/aromatic N) is 3. The van der Waals surface area contributed by atoms with E-state index in [2.05, 4.69) is 281 Å². The van der Waals surface area contributed by atoms with Crippen LogP contribution in [0.4, 0.5) is 39.8 Å². The van der Waals surface area contributed by atoms with Gasteiger partial charge in [-0.1, -0.05) is 223 Å². The molecule has 0 spiro atoms. The van der Waals surface area contributed by atoms with Crippen LogP contribution in [0.1, 0.15) is 85.6 Å². The fourth-order valence-corrected chi connectivity index (χ4v) is 17.5. The summed E-state index contributed by atoms with van der Waals surface area (Å²) < 4.78 is 0. The molecule has 4 fully saturated rings. The van der Waals surface area contributed by atoms with Crippen molar-refractivity contribution in [2.45, 2.75) is 92.2 Å². The van der Waals surface area contributed by atoms with Crippen molar-refractivity contribution in [3.63, 3.8) is 0 Å². The Hall–Kier alpha value is -8.34. The predicted molar refractivity (Wildman–Crippen MR) is 359 cm³/mol. The van der Waals surface area contributed by atoms with E-state index in [9.17, 15) is 0 Å². The Balaban J connectivity index is 0.941. The van der Waals surface area contributed by atoms with Gasteiger partial charge < -0.3 is 14.7 Å². The minimum absolute atomic E-state index is 0.00868. The van der Waals surface area contributed by atoms with Crippen molar-refractivity contribution in [1.82, 2.24) is 0 Å². The SMILES string of the molecule is CC(C)(C)C1=CC2=C(c3ccc4c(c3)B3c5cc(-c6ccccc6)ccc5N(c5ccc(-c6ccccc6)cc5)c5cc(N6C7CC8CC(C7)CC6C8)cc(c53)N4c3ccc(-c4ccccc4)cc3)C=C3C=C(C(C)(C)C)CC4C=CC(=C1)C2C34. The van der Waals surface area contributed by atoms with Crippen LogP contribution < -0.4 is 31.1 Å². The number of benzene rings is 8. The van der Waals surface area contributed by atoms with Crippen LogP contribution in [0.25, 0.3) is 39.0 Å². The predicted octanol–water partition coefficient (Wildman–Crippen LogP) is 18.9. The Morgan fingerprint density at radius 2 is 0.918 bits per heavy atom. The summed E-state index contributed by atoms with van der Waals surface area (Å²) in [5.74, 6) is 2.91. The maximum absolute atomic E-state index is 2.93. The lowest BCUT2D eigenvalue weighted by Crippen LogP contribution is -2.62. The lowest BCUT2D eigenvalue weighted by atomic mass is 9.33. The van der Waals surface area contributed by atoms with Gasteiger partial charge in [-0.2, -0.15) is 0 Å². The van der Waals surface area contributed by atoms with Gasteiger partial charge >= 0.3 is 0 Å². The summed E-state index contributed by atoms with van der Waals surface area (Å²) in [5, 5.41) is 0. The van der Waals surface area contributed by atoms with Gasteiger partial charge in [-0.15, -0.1) is 0 Å². The van der Waals surface area contributed by atoms with Crippen LogP contribution in [0.2, 0.25) is 0 Å². The van der Waals surface area contributed by atoms with E-state index < -0.39 is 0 Å². The lowest BCUT2D eigenvalue weighted by Gasteiger charge is -2.58. The van der Waals surface area contributed by atoms with E-state index in [1.54, 1.807) is 5.57 Å². The molecule has 3 unspecified atom stereocenters. The molecule has 85 heavy (non-hydrogen) atoms. The summed E-state index contributed by atoms with van der Waals surface area (Å²) >= 11 is 0. The number of allylic oxidation sites excluding steroid dienone is 12. The Bertz CT molecular complexity index is 4190. The normalized spacial score (nSPS) is 23.8. The molecule has 4 heterocycles. The molecule has 0 N–H and O–H groups in total. The number of piperidine rings is 2. The molecular weight excluding hydrogens is 1030 g/mol. The maximum Gasteiger partial charge on any atom is 0.252 e. The molecule has 0 aromatic heterocycles. The second-order valence-corrected chi connectivity index (χ2v) is 28.5. The smallest absolute Gasteiger partial charge is 0.252 e. The minimum atomic E-state index is -0.0676. The third kappa shape index (κ3) is 8.28. The Morgan fingerprint density at radius 1 is 0.424 bits per heavy atom. The number of anilines is 7. The second kappa shape index (κ2) is 19.1. The molecule has 8 aromatic carbocycles. The highest BCUT2D eigenvalue weighted by Gasteiger charge is 2.50. The van der Waals surface area contributed by atoms with E-state index >= 15 is 0 Å². The maximum atomic E-state index is 2.93. The Labute approximate surface area is 504 Å². The molecule has 10 aliphatic rings. The van der Waals surface area contributed by atoms with Gasteiger partial charge in [0.1, 0.15) is 0 Å². The zero-order valence-corrected chi connectivity index (χ0v) is 50.1. The van der Waals surface area contributed by atoms with Gasteiger partial charge in [-0.25, -0.2) is 0 Å². The molecule has 4 bridgehead atoms. The summed E-state index contributed by atoms with van der Waals surface area (Å²) in [6.07, 6.45) is 23.3. The monoisotopic (exact) mass is 1100 g/mol. The van der Waals surface area contributed by atoms with Crippen molar-refractivity contribution in [1.29, 1.82) is 0 Å². The van der Waals surface area contributed by atoms with E-state index in [1.165, 1.54) is 155 Å². The van der Waals surface area contributed by atoms with Crippen molar-refractivity contribution in [3.05, 3.63) is 258 Å². The average molecular weight is 1100 g/mol. The van der Waals surface area contributed by atoms with Crippen LogP contribution in [-0.4, -0.2) is 18.8 Å². The van der Waals surface area contributed by atoms with Gasteiger partial charge in [-0.3, -0.25) is 0 Å². The molecule has 416 valence electrons. The van der Waals surface area contributed by atoms with Gasteiger partial charge in [-0.05, 0) is 199 Å². The number of rotatable bonds is 7. The molecular formula is C81H74BN3. The first kappa shape index (κ1) is 51.1. The number of hydrogen-bond donors (Lipinski definition) is 0. The first-order valence-corrected chi connectivity index (χ1v) is 31.8. The fourth-order valence-electron chi connectivity index (χ4n) is 17.5. The van der Waals surface area contributed by atoms with Crippen molar-refractivity contribution in [2.24, 2.45) is 40.4 Å². The molecule has 2 saturated carbocycles. The molecule has 4 aliphatic heterocycles. The first-order chi connectivity index (χ1) is 41.3. The lowest BCUT2D eigenvalue weighted by molar-refractivity contribution is 0.0900. The van der Waals surface area contributed by atoms with Crippen molar-refractivity contribution in [2.75, 3.05) is 14.7 Å². The molecule has 18 rings (SSSR count). The van der Waals surface area contributed by atoms with Crippen LogP contribution in [0.5, 0.6) is 0 Å². The molecule has 2 saturated heterocycles. The van der Waals surface area contributed by atoms with Crippen molar-refractivity contribution >= 4 is 68.5 Å². The van der Waals surface area contributed by atoms with Crippen molar-refractivity contribution < 1.29 is 0 Å². The third-order valence-corrected chi connectivity index (χ3v) is 21.4. The Kier molecular flexibility index (Phi) is 11.5. The van der Waals surface area contributed by atoms with Gasteiger partial charge in [0.25, 0.3) is 6.71 Å². The number of fused-ring (bicyclic) bond motifs is 4. The summed E-state index contributed by atoms with van der Waals surface area (Å²) in [6.45, 7) is 14.3. The summed E-state index contributed by atoms with van der Waals surface area (Å²) in [7, 11) is 0. The van der Waals surface area contributed by atoms with Gasteiger partial charge in [0, 0.05) is 63.7 Å². The van der Waals surface area contributed by atoms with Crippen LogP contribution in [0, 0.1) is 40.4 Å². The molecule has 3 atom stereocenters. The molecule has 3 nitrogen and oxygen atoms in total. The van der Waals surface area contributed by atoms with Crippen LogP contribution in [0.15, 0.2) is 252 Å². The standard InChI is InChI=1S/C81H74BN3/c1-80(2,3)62-41-59-22-23-60-42-63(81(4,5)6)47-70-69(44-61(43-62)77(59)78(60)70)58-29-35-74-72(46-58)82-71-45-57(54-20-14-9-15-21-54)28-34-73(71)84(64-30-24-55(25-31-64)52-16-10-7-11-17-52)75-48-68(83-66-37-50-36-51(39-66)40-67(83)38-50)49-76(79(75)82)85(74)65-32-26-56(27-33-65)53-18-12-8-13-19-53/h7-35,42-51,59,66-67,77-78H,36-41H2,1-6H3. The largest absolute Gasteiger partial charge is 0.365 e. The van der Waals surface area contributed by atoms with E-state index in [0.29, 0.717) is 29.8 Å². The first-order valence-electron chi connectivity index (χ1n) is 31.8. The molecule has 8 aromatic rings. The summed E-state index contributed by atoms with van der Waals surface area (Å²) in [4.78, 5) is 8.26. The second-order valence-electron chi connectivity index (χ2n) is 28.5. The molecule has 0 radical (unpaired) electrons. The van der Waals surface area contributed by atoms with E-state index in [4.69, 9.17) is 0 Å². The van der Waals surface area contributed by atoms with E-state index in [1.807, 2.05) is 0 Å². The van der Waals surface area contributed by atoms with E-state index in [0.717, 1.165) is 18.3 Å². The minimum Gasteiger partial charge on any atom is -0.365 e. The highest BCUT2D eigenvalue weighted by atomic mass is 15.2. The zero-order chi connectivity index (χ0) is 57.0. The number of hydrogen-bond acceptors (Lipinski definition) is 3. The van der Waals surface area contributed by atoms with E-state index in [-0.39, 0.29) is 17.5 Å². The van der Waals surface area contributed by atoms with Crippen LogP contribution in [0.3, 0.4) is 0 Å². The van der Waals surface area contributed by atoms with Gasteiger partial charge in [0.15, 0.2) is 0 Å². The third-order valence-electron chi connectivity index (χ3n) is 21.4. The summed E-state index contributed by atoms with van der Waals surface area (Å²) in [6, 6.07) is 73.3. The molecule has 0 amide bonds. The quantitative estimate of drug-likeness (QED) is 0.147. The Morgan fingerprint density at radius 3 is 1.45 bits per heavy atom. The molecule has 6 aliphatic carbocycles. The highest BCUT2D eigenvalue weighted by molar-refractivity contribution is 7.00. The van der Waals surface area contributed by atoms with Gasteiger partial charge in [0.2, 0.25) is 0 Å². The topological polar surface area (TPSA) is 9.72 Å².